The number of furan rings is 1. The van der Waals surface area contributed by atoms with E-state index in [4.69, 9.17) is 9.15 Å². The fourth-order valence-electron chi connectivity index (χ4n) is 5.00. The van der Waals surface area contributed by atoms with Gasteiger partial charge in [-0.2, -0.15) is 0 Å². The minimum Gasteiger partial charge on any atom is -0.459 e. The van der Waals surface area contributed by atoms with Gasteiger partial charge in [0.15, 0.2) is 5.78 Å². The summed E-state index contributed by atoms with van der Waals surface area (Å²) in [4.78, 5) is 18.9. The molecule has 2 aliphatic rings. The molecule has 1 aromatic carbocycles. The van der Waals surface area contributed by atoms with E-state index in [2.05, 4.69) is 27.3 Å². The van der Waals surface area contributed by atoms with Gasteiger partial charge in [0.2, 0.25) is 0 Å². The Morgan fingerprint density at radius 2 is 1.88 bits per heavy atom. The molecule has 0 amide bonds. The Labute approximate surface area is 195 Å². The summed E-state index contributed by atoms with van der Waals surface area (Å²) in [5.74, 6) is 1.99. The number of carbonyl (C=O) groups excluding carboxylic acids is 1. The molecule has 33 heavy (non-hydrogen) atoms. The molecule has 172 valence electrons. The van der Waals surface area contributed by atoms with Crippen LogP contribution in [0.5, 0.6) is 0 Å². The molecule has 1 saturated heterocycles. The Bertz CT molecular complexity index is 1100. The number of nitrogens with zero attached hydrogens (tertiary/aromatic N) is 2. The van der Waals surface area contributed by atoms with Crippen LogP contribution in [0, 0.1) is 0 Å². The van der Waals surface area contributed by atoms with Crippen LogP contribution >= 0.6 is 0 Å². The first kappa shape index (κ1) is 22.0. The minimum absolute atomic E-state index is 0.225. The average Bonchev–Trinajstić information content (AvgIpc) is 3.46. The molecule has 5 rings (SSSR count). The van der Waals surface area contributed by atoms with Crippen LogP contribution < -0.4 is 5.32 Å². The van der Waals surface area contributed by atoms with Gasteiger partial charge in [0.05, 0.1) is 13.2 Å². The normalized spacial score (nSPS) is 16.9. The van der Waals surface area contributed by atoms with Crippen molar-refractivity contribution in [3.8, 4) is 22.5 Å². The summed E-state index contributed by atoms with van der Waals surface area (Å²) in [5.41, 5.74) is 5.10. The van der Waals surface area contributed by atoms with Crippen molar-refractivity contribution in [2.75, 3.05) is 33.4 Å². The van der Waals surface area contributed by atoms with E-state index < -0.39 is 0 Å². The van der Waals surface area contributed by atoms with Gasteiger partial charge in [0.1, 0.15) is 11.5 Å². The third-order valence-electron chi connectivity index (χ3n) is 6.86. The summed E-state index contributed by atoms with van der Waals surface area (Å²) in [7, 11) is 1.76. The Kier molecular flexibility index (Phi) is 6.67. The SMILES string of the molecule is COCCN1CCC(NCc2cc(-c3ccncc3)c(-c3cccc4c3CCC4=O)o2)CC1. The number of aromatic nitrogens is 1. The number of pyridine rings is 1. The van der Waals surface area contributed by atoms with Crippen molar-refractivity contribution in [1.29, 1.82) is 0 Å². The second-order valence-electron chi connectivity index (χ2n) is 8.94. The number of methoxy groups -OCH3 is 1. The van der Waals surface area contributed by atoms with Gasteiger partial charge in [-0.05, 0) is 61.7 Å². The van der Waals surface area contributed by atoms with E-state index in [0.29, 0.717) is 19.0 Å². The summed E-state index contributed by atoms with van der Waals surface area (Å²) in [6.45, 7) is 4.67. The number of nitrogens with one attached hydrogen (secondary N) is 1. The zero-order valence-corrected chi connectivity index (χ0v) is 19.2. The van der Waals surface area contributed by atoms with Crippen molar-refractivity contribution in [1.82, 2.24) is 15.2 Å². The van der Waals surface area contributed by atoms with Crippen molar-refractivity contribution >= 4 is 5.78 Å². The lowest BCUT2D eigenvalue weighted by atomic mass is 9.97. The van der Waals surface area contributed by atoms with Crippen molar-refractivity contribution in [3.05, 3.63) is 65.7 Å². The molecular weight excluding hydrogens is 414 g/mol. The zero-order valence-electron chi connectivity index (χ0n) is 19.2. The largest absolute Gasteiger partial charge is 0.459 e. The topological polar surface area (TPSA) is 67.6 Å². The molecule has 3 heterocycles. The first-order valence-electron chi connectivity index (χ1n) is 11.9. The number of ketones is 1. The molecule has 1 aliphatic heterocycles. The smallest absolute Gasteiger partial charge is 0.163 e. The van der Waals surface area contributed by atoms with Gasteiger partial charge in [-0.15, -0.1) is 0 Å². The van der Waals surface area contributed by atoms with Crippen LogP contribution in [0.1, 0.15) is 40.9 Å². The van der Waals surface area contributed by atoms with E-state index in [-0.39, 0.29) is 5.78 Å². The number of hydrogen-bond acceptors (Lipinski definition) is 6. The van der Waals surface area contributed by atoms with Gasteiger partial charge < -0.3 is 19.4 Å². The first-order chi connectivity index (χ1) is 16.2. The Morgan fingerprint density at radius 3 is 2.67 bits per heavy atom. The van der Waals surface area contributed by atoms with Crippen molar-refractivity contribution in [2.24, 2.45) is 0 Å². The molecule has 6 nitrogen and oxygen atoms in total. The lowest BCUT2D eigenvalue weighted by Gasteiger charge is -2.32. The number of Topliss-reactive ketones (excluding diaryl/α,β-unsaturated/α-hetero) is 1. The summed E-state index contributed by atoms with van der Waals surface area (Å²) < 4.78 is 11.7. The number of benzene rings is 1. The highest BCUT2D eigenvalue weighted by atomic mass is 16.5. The van der Waals surface area contributed by atoms with Crippen LogP contribution in [-0.2, 0) is 17.7 Å². The molecule has 6 heteroatoms. The number of piperidine rings is 1. The van der Waals surface area contributed by atoms with Crippen LogP contribution in [0.25, 0.3) is 22.5 Å². The molecule has 0 unspecified atom stereocenters. The number of fused-ring (bicyclic) bond motifs is 1. The van der Waals surface area contributed by atoms with Crippen molar-refractivity contribution in [2.45, 2.75) is 38.3 Å². The molecule has 1 aliphatic carbocycles. The van der Waals surface area contributed by atoms with Gasteiger partial charge in [-0.1, -0.05) is 18.2 Å². The van der Waals surface area contributed by atoms with Crippen molar-refractivity contribution in [3.63, 3.8) is 0 Å². The molecule has 3 aromatic rings. The molecule has 2 aromatic heterocycles. The van der Waals surface area contributed by atoms with Gasteiger partial charge >= 0.3 is 0 Å². The summed E-state index contributed by atoms with van der Waals surface area (Å²) in [6, 6.07) is 12.6. The molecule has 1 fully saturated rings. The van der Waals surface area contributed by atoms with Crippen LogP contribution in [-0.4, -0.2) is 55.1 Å². The van der Waals surface area contributed by atoms with E-state index in [1.54, 1.807) is 19.5 Å². The molecule has 0 bridgehead atoms. The third kappa shape index (κ3) is 4.78. The Morgan fingerprint density at radius 1 is 1.09 bits per heavy atom. The minimum atomic E-state index is 0.225. The molecule has 0 atom stereocenters. The van der Waals surface area contributed by atoms with E-state index >= 15 is 0 Å². The number of ether oxygens (including phenoxy) is 1. The average molecular weight is 446 g/mol. The monoisotopic (exact) mass is 445 g/mol. The number of hydrogen-bond donors (Lipinski definition) is 1. The second-order valence-corrected chi connectivity index (χ2v) is 8.94. The van der Waals surface area contributed by atoms with E-state index in [1.165, 1.54) is 0 Å². The predicted octanol–water partition coefficient (Wildman–Crippen LogP) is 4.34. The number of rotatable bonds is 8. The fourth-order valence-corrected chi connectivity index (χ4v) is 5.00. The van der Waals surface area contributed by atoms with Crippen LogP contribution in [0.3, 0.4) is 0 Å². The second kappa shape index (κ2) is 10.00. The van der Waals surface area contributed by atoms with Gasteiger partial charge in [-0.3, -0.25) is 9.78 Å². The maximum atomic E-state index is 12.3. The highest BCUT2D eigenvalue weighted by Gasteiger charge is 2.26. The van der Waals surface area contributed by atoms with Gasteiger partial charge in [0.25, 0.3) is 0 Å². The fraction of sp³-hybridized carbons (Fsp3) is 0.407. The molecule has 0 spiro atoms. The zero-order chi connectivity index (χ0) is 22.6. The third-order valence-corrected chi connectivity index (χ3v) is 6.86. The quantitative estimate of drug-likeness (QED) is 0.556. The van der Waals surface area contributed by atoms with E-state index in [0.717, 1.165) is 84.8 Å². The Balaban J connectivity index is 1.36. The van der Waals surface area contributed by atoms with Crippen molar-refractivity contribution < 1.29 is 13.9 Å². The number of carbonyl (C=O) groups is 1. The Hall–Kier alpha value is -2.80. The summed E-state index contributed by atoms with van der Waals surface area (Å²) in [6.07, 6.45) is 7.22. The molecular formula is C27H31N3O3. The van der Waals surface area contributed by atoms with Crippen LogP contribution in [0.2, 0.25) is 0 Å². The summed E-state index contributed by atoms with van der Waals surface area (Å²) in [5, 5.41) is 3.70. The predicted molar refractivity (Wildman–Crippen MR) is 128 cm³/mol. The van der Waals surface area contributed by atoms with Gasteiger partial charge in [0, 0.05) is 55.2 Å². The van der Waals surface area contributed by atoms with Crippen LogP contribution in [0.4, 0.5) is 0 Å². The standard InChI is InChI=1S/C27H31N3O3/c1-32-16-15-30-13-9-20(10-14-30)29-18-21-17-25(19-7-11-28-12-8-19)27(33-21)24-4-2-3-23-22(24)5-6-26(23)31/h2-4,7-8,11-12,17,20,29H,5-6,9-10,13-16,18H2,1H3. The highest BCUT2D eigenvalue weighted by Crippen LogP contribution is 2.40. The first-order valence-corrected chi connectivity index (χ1v) is 11.9. The van der Waals surface area contributed by atoms with E-state index in [1.807, 2.05) is 24.3 Å². The lowest BCUT2D eigenvalue weighted by Crippen LogP contribution is -2.43. The molecule has 1 N–H and O–H groups in total. The molecule has 0 radical (unpaired) electrons. The lowest BCUT2D eigenvalue weighted by molar-refractivity contribution is 0.0994. The van der Waals surface area contributed by atoms with Crippen LogP contribution in [0.15, 0.2) is 53.2 Å². The maximum Gasteiger partial charge on any atom is 0.163 e. The van der Waals surface area contributed by atoms with E-state index in [9.17, 15) is 4.79 Å². The summed E-state index contributed by atoms with van der Waals surface area (Å²) >= 11 is 0. The maximum absolute atomic E-state index is 12.3. The molecule has 0 saturated carbocycles. The number of likely N-dealkylation sites (tertiary alicyclic amines) is 1. The highest BCUT2D eigenvalue weighted by molar-refractivity contribution is 6.02. The van der Waals surface area contributed by atoms with Gasteiger partial charge in [-0.25, -0.2) is 0 Å².